The molecule has 51 valence electrons. The number of carbonyl (C=O) groups is 1. The predicted octanol–water partition coefficient (Wildman–Crippen LogP) is 1.16. The number of rotatable bonds is 3. The molecule has 0 aliphatic heterocycles. The van der Waals surface area contributed by atoms with Crippen LogP contribution < -0.4 is 0 Å². The summed E-state index contributed by atoms with van der Waals surface area (Å²) >= 11 is 0. The maximum Gasteiger partial charge on any atom is 0.306 e. The maximum absolute atomic E-state index is 10.7. The third kappa shape index (κ3) is 2.49. The SMILES string of the molecule is CCOC(=O)CC1[CH]C1. The van der Waals surface area contributed by atoms with E-state index < -0.39 is 0 Å². The fourth-order valence-electron chi connectivity index (χ4n) is 0.697. The third-order valence-electron chi connectivity index (χ3n) is 1.30. The Morgan fingerprint density at radius 3 is 3.00 bits per heavy atom. The zero-order valence-corrected chi connectivity index (χ0v) is 5.59. The van der Waals surface area contributed by atoms with Crippen LogP contribution in [0.3, 0.4) is 0 Å². The fraction of sp³-hybridized carbons (Fsp3) is 0.714. The van der Waals surface area contributed by atoms with Gasteiger partial charge in [0.25, 0.3) is 0 Å². The minimum absolute atomic E-state index is 0.0590. The highest BCUT2D eigenvalue weighted by Gasteiger charge is 2.25. The lowest BCUT2D eigenvalue weighted by Gasteiger charge is -1.97. The van der Waals surface area contributed by atoms with Gasteiger partial charge in [0, 0.05) is 6.42 Å². The molecule has 1 aliphatic carbocycles. The second kappa shape index (κ2) is 2.85. The Balaban J connectivity index is 2.02. The van der Waals surface area contributed by atoms with Crippen molar-refractivity contribution >= 4 is 5.97 Å². The Kier molecular flexibility index (Phi) is 2.09. The monoisotopic (exact) mass is 127 g/mol. The van der Waals surface area contributed by atoms with Crippen molar-refractivity contribution in [1.82, 2.24) is 0 Å². The van der Waals surface area contributed by atoms with E-state index in [4.69, 9.17) is 4.74 Å². The van der Waals surface area contributed by atoms with Gasteiger partial charge in [-0.2, -0.15) is 0 Å². The molecule has 1 radical (unpaired) electrons. The van der Waals surface area contributed by atoms with Crippen molar-refractivity contribution in [1.29, 1.82) is 0 Å². The van der Waals surface area contributed by atoms with Gasteiger partial charge in [-0.15, -0.1) is 0 Å². The molecule has 1 aliphatic rings. The summed E-state index contributed by atoms with van der Waals surface area (Å²) < 4.78 is 4.73. The van der Waals surface area contributed by atoms with Crippen LogP contribution in [-0.4, -0.2) is 12.6 Å². The van der Waals surface area contributed by atoms with Crippen LogP contribution in [0.15, 0.2) is 0 Å². The molecule has 1 rings (SSSR count). The van der Waals surface area contributed by atoms with Crippen molar-refractivity contribution in [2.75, 3.05) is 6.61 Å². The van der Waals surface area contributed by atoms with E-state index in [1.165, 1.54) is 0 Å². The average Bonchev–Trinajstić information content (AvgIpc) is 2.50. The Morgan fingerprint density at radius 1 is 1.89 bits per heavy atom. The summed E-state index contributed by atoms with van der Waals surface area (Å²) in [5, 5.41) is 0. The summed E-state index contributed by atoms with van der Waals surface area (Å²) in [6, 6.07) is 0. The normalized spacial score (nSPS) is 17.4. The van der Waals surface area contributed by atoms with Gasteiger partial charge in [-0.1, -0.05) is 0 Å². The van der Waals surface area contributed by atoms with E-state index in [1.54, 1.807) is 0 Å². The first kappa shape index (κ1) is 6.59. The lowest BCUT2D eigenvalue weighted by Crippen LogP contribution is -2.03. The van der Waals surface area contributed by atoms with E-state index in [2.05, 4.69) is 6.42 Å². The van der Waals surface area contributed by atoms with Crippen molar-refractivity contribution < 1.29 is 9.53 Å². The van der Waals surface area contributed by atoms with Crippen molar-refractivity contribution in [3.63, 3.8) is 0 Å². The highest BCUT2D eigenvalue weighted by molar-refractivity contribution is 5.70. The minimum Gasteiger partial charge on any atom is -0.466 e. The topological polar surface area (TPSA) is 26.3 Å². The maximum atomic E-state index is 10.7. The first-order valence-corrected chi connectivity index (χ1v) is 3.32. The Bertz CT molecular complexity index is 105. The molecule has 1 saturated carbocycles. The van der Waals surface area contributed by atoms with Crippen molar-refractivity contribution in [3.8, 4) is 0 Å². The molecule has 0 spiro atoms. The Morgan fingerprint density at radius 2 is 2.56 bits per heavy atom. The smallest absolute Gasteiger partial charge is 0.306 e. The summed E-state index contributed by atoms with van der Waals surface area (Å²) in [4.78, 5) is 10.7. The van der Waals surface area contributed by atoms with Crippen molar-refractivity contribution in [3.05, 3.63) is 6.42 Å². The summed E-state index contributed by atoms with van der Waals surface area (Å²) in [6.07, 6.45) is 3.81. The Labute approximate surface area is 55.2 Å². The second-order valence-electron chi connectivity index (χ2n) is 2.24. The van der Waals surface area contributed by atoms with E-state index >= 15 is 0 Å². The van der Waals surface area contributed by atoms with Crippen LogP contribution in [0.5, 0.6) is 0 Å². The van der Waals surface area contributed by atoms with E-state index in [0.29, 0.717) is 18.9 Å². The van der Waals surface area contributed by atoms with E-state index in [-0.39, 0.29) is 5.97 Å². The molecule has 1 atom stereocenters. The Hall–Kier alpha value is -0.530. The van der Waals surface area contributed by atoms with Gasteiger partial charge in [0.1, 0.15) is 0 Å². The molecule has 9 heavy (non-hydrogen) atoms. The second-order valence-corrected chi connectivity index (χ2v) is 2.24. The highest BCUT2D eigenvalue weighted by atomic mass is 16.5. The van der Waals surface area contributed by atoms with Crippen molar-refractivity contribution in [2.24, 2.45) is 5.92 Å². The van der Waals surface area contributed by atoms with Gasteiger partial charge >= 0.3 is 5.97 Å². The molecule has 0 aromatic heterocycles. The van der Waals surface area contributed by atoms with Gasteiger partial charge < -0.3 is 4.74 Å². The number of hydrogen-bond acceptors (Lipinski definition) is 2. The van der Waals surface area contributed by atoms with Crippen LogP contribution in [0.1, 0.15) is 19.8 Å². The lowest BCUT2D eigenvalue weighted by molar-refractivity contribution is -0.143. The number of carbonyl (C=O) groups excluding carboxylic acids is 1. The van der Waals surface area contributed by atoms with Crippen LogP contribution in [0, 0.1) is 12.3 Å². The number of ether oxygens (including phenoxy) is 1. The van der Waals surface area contributed by atoms with Gasteiger partial charge in [0.2, 0.25) is 0 Å². The molecule has 1 fully saturated rings. The van der Waals surface area contributed by atoms with Crippen LogP contribution in [-0.2, 0) is 9.53 Å². The van der Waals surface area contributed by atoms with E-state index in [1.807, 2.05) is 6.92 Å². The average molecular weight is 127 g/mol. The van der Waals surface area contributed by atoms with Crippen LogP contribution >= 0.6 is 0 Å². The molecule has 0 aromatic carbocycles. The molecule has 0 bridgehead atoms. The van der Waals surface area contributed by atoms with E-state index in [9.17, 15) is 4.79 Å². The third-order valence-corrected chi connectivity index (χ3v) is 1.30. The standard InChI is InChI=1S/C7H11O2/c1-2-9-7(8)5-6-3-4-6/h3,6H,2,4-5H2,1H3. The number of esters is 1. The zero-order chi connectivity index (χ0) is 6.69. The summed E-state index contributed by atoms with van der Waals surface area (Å²) in [6.45, 7) is 2.33. The van der Waals surface area contributed by atoms with Gasteiger partial charge in [-0.3, -0.25) is 4.79 Å². The molecule has 1 unspecified atom stereocenters. The molecular formula is C7H11O2. The quantitative estimate of drug-likeness (QED) is 0.532. The summed E-state index contributed by atoms with van der Waals surface area (Å²) in [5.74, 6) is 0.472. The molecule has 0 heterocycles. The number of hydrogen-bond donors (Lipinski definition) is 0. The van der Waals surface area contributed by atoms with Crippen LogP contribution in [0.4, 0.5) is 0 Å². The van der Waals surface area contributed by atoms with Gasteiger partial charge in [0.15, 0.2) is 0 Å². The van der Waals surface area contributed by atoms with Gasteiger partial charge in [-0.25, -0.2) is 0 Å². The van der Waals surface area contributed by atoms with Gasteiger partial charge in [0.05, 0.1) is 6.61 Å². The van der Waals surface area contributed by atoms with Crippen LogP contribution in [0.2, 0.25) is 0 Å². The minimum atomic E-state index is -0.0590. The first-order valence-electron chi connectivity index (χ1n) is 3.32. The molecular weight excluding hydrogens is 116 g/mol. The van der Waals surface area contributed by atoms with Crippen LogP contribution in [0.25, 0.3) is 0 Å². The molecule has 0 N–H and O–H groups in total. The zero-order valence-electron chi connectivity index (χ0n) is 5.59. The predicted molar refractivity (Wildman–Crippen MR) is 33.7 cm³/mol. The molecule has 2 nitrogen and oxygen atoms in total. The molecule has 2 heteroatoms. The molecule has 0 amide bonds. The lowest BCUT2D eigenvalue weighted by atomic mass is 10.3. The van der Waals surface area contributed by atoms with Gasteiger partial charge in [-0.05, 0) is 25.7 Å². The molecule has 0 aromatic rings. The largest absolute Gasteiger partial charge is 0.466 e. The van der Waals surface area contributed by atoms with E-state index in [0.717, 1.165) is 6.42 Å². The van der Waals surface area contributed by atoms with Crippen molar-refractivity contribution in [2.45, 2.75) is 19.8 Å². The molecule has 0 saturated heterocycles. The summed E-state index contributed by atoms with van der Waals surface area (Å²) in [7, 11) is 0. The fourth-order valence-corrected chi connectivity index (χ4v) is 0.697. The highest BCUT2D eigenvalue weighted by Crippen LogP contribution is 2.30. The first-order chi connectivity index (χ1) is 4.33. The summed E-state index contributed by atoms with van der Waals surface area (Å²) in [5.41, 5.74) is 0.